The van der Waals surface area contributed by atoms with E-state index in [1.165, 1.54) is 0 Å². The lowest BCUT2D eigenvalue weighted by atomic mass is 10.1. The van der Waals surface area contributed by atoms with Gasteiger partial charge in [0.1, 0.15) is 0 Å². The zero-order valence-corrected chi connectivity index (χ0v) is 11.5. The van der Waals surface area contributed by atoms with Crippen molar-refractivity contribution >= 4 is 33.0 Å². The van der Waals surface area contributed by atoms with Gasteiger partial charge < -0.3 is 11.1 Å². The highest BCUT2D eigenvalue weighted by Crippen LogP contribution is 2.28. The smallest absolute Gasteiger partial charge is 0.0992 e. The predicted octanol–water partition coefficient (Wildman–Crippen LogP) is 3.96. The molecule has 0 aliphatic rings. The summed E-state index contributed by atoms with van der Waals surface area (Å²) >= 11 is 3.43. The standard InChI is InChI=1S/C14H12BrN3/c1-9-2-4-11(15)7-13(9)18-14-6-10(8-16)3-5-12(14)17/h2-7,18H,17H2,1H3. The average Bonchev–Trinajstić information content (AvgIpc) is 2.36. The SMILES string of the molecule is Cc1ccc(Br)cc1Nc1cc(C#N)ccc1N. The number of benzene rings is 2. The van der Waals surface area contributed by atoms with Crippen LogP contribution in [-0.2, 0) is 0 Å². The van der Waals surface area contributed by atoms with E-state index in [-0.39, 0.29) is 0 Å². The Morgan fingerprint density at radius 3 is 2.67 bits per heavy atom. The molecule has 0 saturated carbocycles. The number of rotatable bonds is 2. The molecule has 0 aliphatic carbocycles. The minimum Gasteiger partial charge on any atom is -0.397 e. The molecule has 0 aromatic heterocycles. The third-order valence-corrected chi connectivity index (χ3v) is 3.14. The first kappa shape index (κ1) is 12.5. The van der Waals surface area contributed by atoms with Gasteiger partial charge in [-0.2, -0.15) is 5.26 Å². The number of nitrogens with zero attached hydrogens (tertiary/aromatic N) is 1. The minimum atomic E-state index is 0.583. The molecule has 0 unspecified atom stereocenters. The topological polar surface area (TPSA) is 61.8 Å². The first-order valence-electron chi connectivity index (χ1n) is 5.43. The lowest BCUT2D eigenvalue weighted by Gasteiger charge is -2.12. The zero-order valence-electron chi connectivity index (χ0n) is 9.87. The molecule has 0 radical (unpaired) electrons. The zero-order chi connectivity index (χ0) is 13.1. The Kier molecular flexibility index (Phi) is 3.54. The van der Waals surface area contributed by atoms with E-state index in [2.05, 4.69) is 27.3 Å². The molecule has 2 aromatic carbocycles. The molecule has 3 nitrogen and oxygen atoms in total. The number of aryl methyl sites for hydroxylation is 1. The number of nitrogen functional groups attached to an aromatic ring is 1. The Morgan fingerprint density at radius 1 is 1.17 bits per heavy atom. The van der Waals surface area contributed by atoms with Crippen LogP contribution < -0.4 is 11.1 Å². The monoisotopic (exact) mass is 301 g/mol. The Labute approximate surface area is 114 Å². The highest BCUT2D eigenvalue weighted by atomic mass is 79.9. The molecular weight excluding hydrogens is 290 g/mol. The Bertz CT molecular complexity index is 629. The van der Waals surface area contributed by atoms with Gasteiger partial charge in [-0.05, 0) is 42.8 Å². The summed E-state index contributed by atoms with van der Waals surface area (Å²) in [7, 11) is 0. The maximum absolute atomic E-state index is 8.89. The first-order chi connectivity index (χ1) is 8.60. The van der Waals surface area contributed by atoms with Crippen LogP contribution in [0.3, 0.4) is 0 Å². The predicted molar refractivity (Wildman–Crippen MR) is 77.7 cm³/mol. The van der Waals surface area contributed by atoms with E-state index in [1.54, 1.807) is 18.2 Å². The molecular formula is C14H12BrN3. The molecule has 0 atom stereocenters. The molecule has 3 N–H and O–H groups in total. The highest BCUT2D eigenvalue weighted by molar-refractivity contribution is 9.10. The van der Waals surface area contributed by atoms with Gasteiger partial charge in [-0.25, -0.2) is 0 Å². The van der Waals surface area contributed by atoms with Crippen LogP contribution in [0.15, 0.2) is 40.9 Å². The fourth-order valence-electron chi connectivity index (χ4n) is 1.61. The van der Waals surface area contributed by atoms with E-state index in [9.17, 15) is 0 Å². The van der Waals surface area contributed by atoms with Gasteiger partial charge in [0.05, 0.1) is 23.0 Å². The van der Waals surface area contributed by atoms with Crippen molar-refractivity contribution in [1.29, 1.82) is 5.26 Å². The van der Waals surface area contributed by atoms with Crippen molar-refractivity contribution in [2.45, 2.75) is 6.92 Å². The summed E-state index contributed by atoms with van der Waals surface area (Å²) in [5, 5.41) is 12.1. The van der Waals surface area contributed by atoms with E-state index in [0.29, 0.717) is 11.3 Å². The molecule has 0 spiro atoms. The van der Waals surface area contributed by atoms with E-state index in [4.69, 9.17) is 11.0 Å². The van der Waals surface area contributed by atoms with Gasteiger partial charge >= 0.3 is 0 Å². The van der Waals surface area contributed by atoms with Crippen LogP contribution in [0.25, 0.3) is 0 Å². The molecule has 0 heterocycles. The summed E-state index contributed by atoms with van der Waals surface area (Å²) in [5.41, 5.74) is 9.92. The van der Waals surface area contributed by atoms with Crippen molar-refractivity contribution in [1.82, 2.24) is 0 Å². The van der Waals surface area contributed by atoms with Crippen LogP contribution in [0.1, 0.15) is 11.1 Å². The number of nitrogens with two attached hydrogens (primary N) is 1. The van der Waals surface area contributed by atoms with Gasteiger partial charge in [-0.1, -0.05) is 22.0 Å². The summed E-state index contributed by atoms with van der Waals surface area (Å²) < 4.78 is 0.991. The largest absolute Gasteiger partial charge is 0.397 e. The third kappa shape index (κ3) is 2.63. The van der Waals surface area contributed by atoms with Crippen molar-refractivity contribution in [3.63, 3.8) is 0 Å². The number of nitriles is 1. The van der Waals surface area contributed by atoms with Crippen molar-refractivity contribution in [2.75, 3.05) is 11.1 Å². The third-order valence-electron chi connectivity index (χ3n) is 2.65. The summed E-state index contributed by atoms with van der Waals surface area (Å²) in [6.07, 6.45) is 0. The second kappa shape index (κ2) is 5.11. The molecule has 2 aromatic rings. The second-order valence-corrected chi connectivity index (χ2v) is 4.91. The van der Waals surface area contributed by atoms with Crippen LogP contribution in [0.5, 0.6) is 0 Å². The van der Waals surface area contributed by atoms with Gasteiger partial charge in [0.15, 0.2) is 0 Å². The van der Waals surface area contributed by atoms with Crippen LogP contribution in [-0.4, -0.2) is 0 Å². The Hall–Kier alpha value is -1.99. The minimum absolute atomic E-state index is 0.583. The van der Waals surface area contributed by atoms with E-state index < -0.39 is 0 Å². The quantitative estimate of drug-likeness (QED) is 0.826. The summed E-state index contributed by atoms with van der Waals surface area (Å²) in [4.78, 5) is 0. The molecule has 4 heteroatoms. The lowest BCUT2D eigenvalue weighted by molar-refractivity contribution is 1.41. The molecule has 0 saturated heterocycles. The van der Waals surface area contributed by atoms with Crippen LogP contribution >= 0.6 is 15.9 Å². The summed E-state index contributed by atoms with van der Waals surface area (Å²) in [6.45, 7) is 2.01. The molecule has 18 heavy (non-hydrogen) atoms. The highest BCUT2D eigenvalue weighted by Gasteiger charge is 2.04. The fraction of sp³-hybridized carbons (Fsp3) is 0.0714. The maximum atomic E-state index is 8.89. The Balaban J connectivity index is 2.39. The fourth-order valence-corrected chi connectivity index (χ4v) is 1.97. The molecule has 90 valence electrons. The van der Waals surface area contributed by atoms with Gasteiger partial charge in [0.25, 0.3) is 0 Å². The molecule has 0 fully saturated rings. The number of hydrogen-bond acceptors (Lipinski definition) is 3. The molecule has 0 aliphatic heterocycles. The Morgan fingerprint density at radius 2 is 1.94 bits per heavy atom. The molecule has 0 bridgehead atoms. The van der Waals surface area contributed by atoms with Crippen LogP contribution in [0.2, 0.25) is 0 Å². The average molecular weight is 302 g/mol. The van der Waals surface area contributed by atoms with Crippen LogP contribution in [0, 0.1) is 18.3 Å². The second-order valence-electron chi connectivity index (χ2n) is 4.00. The lowest BCUT2D eigenvalue weighted by Crippen LogP contribution is -1.98. The molecule has 2 rings (SSSR count). The van der Waals surface area contributed by atoms with Crippen molar-refractivity contribution < 1.29 is 0 Å². The van der Waals surface area contributed by atoms with Crippen molar-refractivity contribution in [2.24, 2.45) is 0 Å². The summed E-state index contributed by atoms with van der Waals surface area (Å²) in [6, 6.07) is 13.3. The number of hydrogen-bond donors (Lipinski definition) is 2. The van der Waals surface area contributed by atoms with E-state index >= 15 is 0 Å². The van der Waals surface area contributed by atoms with Gasteiger partial charge in [0, 0.05) is 10.2 Å². The van der Waals surface area contributed by atoms with Crippen LogP contribution in [0.4, 0.5) is 17.1 Å². The van der Waals surface area contributed by atoms with Gasteiger partial charge in [-0.15, -0.1) is 0 Å². The summed E-state index contributed by atoms with van der Waals surface area (Å²) in [5.74, 6) is 0. The maximum Gasteiger partial charge on any atom is 0.0992 e. The van der Waals surface area contributed by atoms with Crippen molar-refractivity contribution in [3.8, 4) is 6.07 Å². The van der Waals surface area contributed by atoms with Crippen molar-refractivity contribution in [3.05, 3.63) is 52.0 Å². The number of nitrogens with one attached hydrogen (secondary N) is 1. The van der Waals surface area contributed by atoms with Gasteiger partial charge in [-0.3, -0.25) is 0 Å². The normalized spacial score (nSPS) is 9.83. The van der Waals surface area contributed by atoms with E-state index in [1.807, 2.05) is 25.1 Å². The first-order valence-corrected chi connectivity index (χ1v) is 6.22. The molecule has 0 amide bonds. The van der Waals surface area contributed by atoms with Gasteiger partial charge in [0.2, 0.25) is 0 Å². The number of anilines is 3. The number of halogens is 1. The van der Waals surface area contributed by atoms with E-state index in [0.717, 1.165) is 21.4 Å².